The molecule has 0 saturated heterocycles. The Morgan fingerprint density at radius 3 is 2.87 bits per heavy atom. The van der Waals surface area contributed by atoms with Crippen LogP contribution in [0, 0.1) is 6.92 Å². The number of methoxy groups -OCH3 is 1. The maximum atomic E-state index is 11.0. The predicted molar refractivity (Wildman–Crippen MR) is 59.9 cm³/mol. The molecule has 15 heavy (non-hydrogen) atoms. The van der Waals surface area contributed by atoms with Gasteiger partial charge in [0.15, 0.2) is 0 Å². The highest BCUT2D eigenvalue weighted by Crippen LogP contribution is 2.25. The van der Waals surface area contributed by atoms with Crippen LogP contribution in [0.15, 0.2) is 11.1 Å². The molecule has 1 atom stereocenters. The third-order valence-electron chi connectivity index (χ3n) is 1.96. The lowest BCUT2D eigenvalue weighted by Crippen LogP contribution is -2.09. The second kappa shape index (κ2) is 5.21. The van der Waals surface area contributed by atoms with Crippen LogP contribution in [-0.2, 0) is 16.6 Å². The number of nitrogens with zero attached hydrogens (tertiary/aromatic N) is 2. The second-order valence-corrected chi connectivity index (χ2v) is 4.92. The molecule has 1 heterocycles. The minimum absolute atomic E-state index is 0.172. The van der Waals surface area contributed by atoms with Crippen molar-refractivity contribution in [2.45, 2.75) is 30.5 Å². The second-order valence-electron chi connectivity index (χ2n) is 3.46. The van der Waals surface area contributed by atoms with E-state index in [1.54, 1.807) is 11.8 Å². The highest BCUT2D eigenvalue weighted by molar-refractivity contribution is 7.99. The van der Waals surface area contributed by atoms with Crippen LogP contribution in [0.5, 0.6) is 0 Å². The van der Waals surface area contributed by atoms with Crippen molar-refractivity contribution in [3.63, 3.8) is 0 Å². The number of carbonyl (C=O) groups is 1. The minimum Gasteiger partial charge on any atom is -0.469 e. The first-order chi connectivity index (χ1) is 7.02. The fourth-order valence-corrected chi connectivity index (χ4v) is 2.33. The number of rotatable bonds is 4. The van der Waals surface area contributed by atoms with Gasteiger partial charge < -0.3 is 4.74 Å². The number of carbonyl (C=O) groups excluding carboxylic acids is 1. The molecule has 0 N–H and O–H groups in total. The molecular formula is C10H16N2O2S. The molecule has 0 saturated carbocycles. The summed E-state index contributed by atoms with van der Waals surface area (Å²) in [4.78, 5) is 11.0. The van der Waals surface area contributed by atoms with Gasteiger partial charge in [0.1, 0.15) is 0 Å². The topological polar surface area (TPSA) is 44.1 Å². The van der Waals surface area contributed by atoms with Crippen molar-refractivity contribution in [3.05, 3.63) is 11.8 Å². The molecule has 0 radical (unpaired) electrons. The van der Waals surface area contributed by atoms with E-state index in [9.17, 15) is 4.79 Å². The lowest BCUT2D eigenvalue weighted by atomic mass is 10.3. The first-order valence-electron chi connectivity index (χ1n) is 4.77. The molecule has 1 aromatic rings. The van der Waals surface area contributed by atoms with E-state index >= 15 is 0 Å². The van der Waals surface area contributed by atoms with Crippen LogP contribution in [0.4, 0.5) is 0 Å². The van der Waals surface area contributed by atoms with Crippen LogP contribution in [0.25, 0.3) is 0 Å². The van der Waals surface area contributed by atoms with Crippen molar-refractivity contribution >= 4 is 17.7 Å². The molecule has 4 nitrogen and oxygen atoms in total. The lowest BCUT2D eigenvalue weighted by Gasteiger charge is -2.09. The van der Waals surface area contributed by atoms with E-state index in [4.69, 9.17) is 0 Å². The van der Waals surface area contributed by atoms with Gasteiger partial charge in [-0.05, 0) is 13.0 Å². The van der Waals surface area contributed by atoms with E-state index in [0.717, 1.165) is 10.7 Å². The van der Waals surface area contributed by atoms with Crippen LogP contribution < -0.4 is 0 Å². The van der Waals surface area contributed by atoms with Crippen molar-refractivity contribution in [3.8, 4) is 0 Å². The number of aryl methyl sites for hydroxylation is 2. The van der Waals surface area contributed by atoms with Gasteiger partial charge in [-0.15, -0.1) is 11.8 Å². The van der Waals surface area contributed by atoms with Gasteiger partial charge in [-0.2, -0.15) is 5.10 Å². The normalized spacial score (nSPS) is 12.5. The molecule has 1 aromatic heterocycles. The van der Waals surface area contributed by atoms with Crippen LogP contribution >= 0.6 is 11.8 Å². The molecule has 0 aromatic carbocycles. The maximum absolute atomic E-state index is 11.0. The van der Waals surface area contributed by atoms with Gasteiger partial charge in [-0.1, -0.05) is 6.92 Å². The average Bonchev–Trinajstić information content (AvgIpc) is 2.44. The van der Waals surface area contributed by atoms with Crippen molar-refractivity contribution in [2.24, 2.45) is 7.05 Å². The van der Waals surface area contributed by atoms with Crippen molar-refractivity contribution in [2.75, 3.05) is 7.11 Å². The van der Waals surface area contributed by atoms with Gasteiger partial charge >= 0.3 is 5.97 Å². The number of esters is 1. The average molecular weight is 228 g/mol. The molecule has 0 aliphatic carbocycles. The summed E-state index contributed by atoms with van der Waals surface area (Å²) in [6.07, 6.45) is 0.422. The Balaban J connectivity index is 2.54. The van der Waals surface area contributed by atoms with Gasteiger partial charge in [0, 0.05) is 12.3 Å². The molecule has 1 unspecified atom stereocenters. The summed E-state index contributed by atoms with van der Waals surface area (Å²) >= 11 is 1.63. The standard InChI is InChI=1S/C10H16N2O2S/c1-7-5-9(12(3)11-7)15-8(2)6-10(13)14-4/h5,8H,6H2,1-4H3. The zero-order valence-electron chi connectivity index (χ0n) is 9.48. The van der Waals surface area contributed by atoms with Crippen LogP contribution in [0.1, 0.15) is 19.0 Å². The highest BCUT2D eigenvalue weighted by Gasteiger charge is 2.13. The van der Waals surface area contributed by atoms with Gasteiger partial charge in [0.25, 0.3) is 0 Å². The minimum atomic E-state index is -0.172. The first kappa shape index (κ1) is 12.1. The van der Waals surface area contributed by atoms with E-state index in [-0.39, 0.29) is 11.2 Å². The Bertz CT molecular complexity index is 349. The number of thioether (sulfide) groups is 1. The van der Waals surface area contributed by atoms with E-state index in [1.165, 1.54) is 7.11 Å². The van der Waals surface area contributed by atoms with Gasteiger partial charge in [-0.25, -0.2) is 0 Å². The molecule has 0 aliphatic heterocycles. The Morgan fingerprint density at radius 1 is 1.73 bits per heavy atom. The fourth-order valence-electron chi connectivity index (χ4n) is 1.26. The highest BCUT2D eigenvalue weighted by atomic mass is 32.2. The molecule has 0 bridgehead atoms. The molecular weight excluding hydrogens is 212 g/mol. The van der Waals surface area contributed by atoms with Gasteiger partial charge in [0.05, 0.1) is 24.3 Å². The first-order valence-corrected chi connectivity index (χ1v) is 5.65. The van der Waals surface area contributed by atoms with Crippen molar-refractivity contribution in [1.29, 1.82) is 0 Å². The van der Waals surface area contributed by atoms with E-state index < -0.39 is 0 Å². The Morgan fingerprint density at radius 2 is 2.40 bits per heavy atom. The Kier molecular flexibility index (Phi) is 4.20. The number of ether oxygens (including phenoxy) is 1. The molecule has 1 rings (SSSR count). The fraction of sp³-hybridized carbons (Fsp3) is 0.600. The van der Waals surface area contributed by atoms with E-state index in [0.29, 0.717) is 6.42 Å². The predicted octanol–water partition coefficient (Wildman–Crippen LogP) is 1.77. The summed E-state index contributed by atoms with van der Waals surface area (Å²) < 4.78 is 6.45. The smallest absolute Gasteiger partial charge is 0.306 e. The summed E-state index contributed by atoms with van der Waals surface area (Å²) in [5.41, 5.74) is 0.991. The summed E-state index contributed by atoms with van der Waals surface area (Å²) in [5, 5.41) is 5.52. The molecule has 0 aliphatic rings. The molecule has 0 fully saturated rings. The third kappa shape index (κ3) is 3.58. The van der Waals surface area contributed by atoms with Crippen molar-refractivity contribution in [1.82, 2.24) is 9.78 Å². The summed E-state index contributed by atoms with van der Waals surface area (Å²) in [7, 11) is 3.31. The Labute approximate surface area is 94.0 Å². The molecule has 0 spiro atoms. The molecule has 84 valence electrons. The lowest BCUT2D eigenvalue weighted by molar-refractivity contribution is -0.140. The van der Waals surface area contributed by atoms with Gasteiger partial charge in [-0.3, -0.25) is 9.48 Å². The van der Waals surface area contributed by atoms with E-state index in [1.807, 2.05) is 31.6 Å². The number of aromatic nitrogens is 2. The molecule has 0 amide bonds. The van der Waals surface area contributed by atoms with Crippen LogP contribution in [0.3, 0.4) is 0 Å². The summed E-state index contributed by atoms with van der Waals surface area (Å²) in [6, 6.07) is 2.01. The monoisotopic (exact) mass is 228 g/mol. The van der Waals surface area contributed by atoms with Gasteiger partial charge in [0.2, 0.25) is 0 Å². The summed E-state index contributed by atoms with van der Waals surface area (Å²) in [5.74, 6) is -0.172. The zero-order valence-corrected chi connectivity index (χ0v) is 10.3. The largest absolute Gasteiger partial charge is 0.469 e. The third-order valence-corrected chi connectivity index (χ3v) is 3.16. The molecule has 5 heteroatoms. The zero-order chi connectivity index (χ0) is 11.4. The number of hydrogen-bond acceptors (Lipinski definition) is 4. The summed E-state index contributed by atoms with van der Waals surface area (Å²) in [6.45, 7) is 3.96. The number of hydrogen-bond donors (Lipinski definition) is 0. The van der Waals surface area contributed by atoms with E-state index in [2.05, 4.69) is 9.84 Å². The quantitative estimate of drug-likeness (QED) is 0.582. The SMILES string of the molecule is COC(=O)CC(C)Sc1cc(C)nn1C. The Hall–Kier alpha value is -0.970. The van der Waals surface area contributed by atoms with Crippen molar-refractivity contribution < 1.29 is 9.53 Å². The maximum Gasteiger partial charge on any atom is 0.306 e. The van der Waals surface area contributed by atoms with Crippen LogP contribution in [-0.4, -0.2) is 28.1 Å². The van der Waals surface area contributed by atoms with Crippen LogP contribution in [0.2, 0.25) is 0 Å².